The molecule has 0 spiro atoms. The fourth-order valence-electron chi connectivity index (χ4n) is 7.27. The molecule has 0 heterocycles. The van der Waals surface area contributed by atoms with Crippen molar-refractivity contribution in [1.82, 2.24) is 0 Å². The quantitative estimate of drug-likeness (QED) is 0.147. The Hall–Kier alpha value is -4.94. The number of hydrogen-bond acceptors (Lipinski definition) is 0. The molecule has 0 aliphatic carbocycles. The van der Waals surface area contributed by atoms with Crippen molar-refractivity contribution < 1.29 is 0 Å². The first-order valence-electron chi connectivity index (χ1n) is 15.9. The van der Waals surface area contributed by atoms with Crippen LogP contribution in [0, 0.1) is 0 Å². The van der Waals surface area contributed by atoms with E-state index < -0.39 is 0 Å². The first kappa shape index (κ1) is 26.7. The average molecular weight is 565 g/mol. The van der Waals surface area contributed by atoms with Gasteiger partial charge in [-0.25, -0.2) is 0 Å². The third-order valence-electron chi connectivity index (χ3n) is 9.59. The molecule has 212 valence electrons. The molecule has 8 rings (SSSR count). The van der Waals surface area contributed by atoms with Gasteiger partial charge in [0.1, 0.15) is 0 Å². The van der Waals surface area contributed by atoms with Crippen molar-refractivity contribution in [1.29, 1.82) is 0 Å². The van der Waals surface area contributed by atoms with E-state index in [9.17, 15) is 0 Å². The van der Waals surface area contributed by atoms with Crippen molar-refractivity contribution in [3.05, 3.63) is 145 Å². The molecule has 0 radical (unpaired) electrons. The van der Waals surface area contributed by atoms with Crippen molar-refractivity contribution in [3.63, 3.8) is 0 Å². The molecule has 0 aliphatic heterocycles. The Morgan fingerprint density at radius 3 is 1.45 bits per heavy atom. The van der Waals surface area contributed by atoms with Crippen LogP contribution in [0.15, 0.2) is 133 Å². The third kappa shape index (κ3) is 4.13. The van der Waals surface area contributed by atoms with E-state index in [1.165, 1.54) is 87.2 Å². The summed E-state index contributed by atoms with van der Waals surface area (Å²) >= 11 is 0. The largest absolute Gasteiger partial charge is 0.0616 e. The van der Waals surface area contributed by atoms with Crippen molar-refractivity contribution in [2.24, 2.45) is 0 Å². The molecular weight excluding hydrogens is 528 g/mol. The van der Waals surface area contributed by atoms with E-state index >= 15 is 0 Å². The molecule has 0 heteroatoms. The zero-order valence-corrected chi connectivity index (χ0v) is 25.9. The van der Waals surface area contributed by atoms with E-state index in [1.54, 1.807) is 0 Å². The van der Waals surface area contributed by atoms with Gasteiger partial charge >= 0.3 is 0 Å². The van der Waals surface area contributed by atoms with Crippen LogP contribution < -0.4 is 0 Å². The minimum Gasteiger partial charge on any atom is -0.0616 e. The molecular formula is C44H36. The fraction of sp³-hybridized carbons (Fsp3) is 0.136. The molecule has 0 atom stereocenters. The summed E-state index contributed by atoms with van der Waals surface area (Å²) in [5.41, 5.74) is 8.00. The maximum Gasteiger partial charge on any atom is -0.00198 e. The Bertz CT molecular complexity index is 2380. The second-order valence-electron chi connectivity index (χ2n) is 12.9. The van der Waals surface area contributed by atoms with Gasteiger partial charge in [-0.1, -0.05) is 155 Å². The Labute approximate surface area is 259 Å². The lowest BCUT2D eigenvalue weighted by molar-refractivity contribution is 0.868. The van der Waals surface area contributed by atoms with Crippen LogP contribution in [0.1, 0.15) is 50.7 Å². The number of hydrogen-bond donors (Lipinski definition) is 0. The van der Waals surface area contributed by atoms with Crippen molar-refractivity contribution in [2.75, 3.05) is 0 Å². The van der Waals surface area contributed by atoms with Gasteiger partial charge in [-0.3, -0.25) is 0 Å². The van der Waals surface area contributed by atoms with Crippen LogP contribution in [0.2, 0.25) is 0 Å². The van der Waals surface area contributed by atoms with Crippen LogP contribution in [-0.2, 0) is 0 Å². The minimum atomic E-state index is 0.431. The molecule has 0 fully saturated rings. The van der Waals surface area contributed by atoms with Crippen molar-refractivity contribution in [2.45, 2.75) is 39.5 Å². The van der Waals surface area contributed by atoms with Gasteiger partial charge in [-0.05, 0) is 105 Å². The van der Waals surface area contributed by atoms with Gasteiger partial charge in [-0.15, -0.1) is 0 Å². The highest BCUT2D eigenvalue weighted by Gasteiger charge is 2.21. The normalized spacial score (nSPS) is 12.0. The molecule has 0 unspecified atom stereocenters. The van der Waals surface area contributed by atoms with E-state index in [1.807, 2.05) is 0 Å². The summed E-state index contributed by atoms with van der Waals surface area (Å²) in [7, 11) is 0. The summed E-state index contributed by atoms with van der Waals surface area (Å²) in [6.45, 7) is 9.20. The maximum absolute atomic E-state index is 2.48. The molecule has 0 bridgehead atoms. The first-order chi connectivity index (χ1) is 21.5. The zero-order chi connectivity index (χ0) is 29.9. The molecule has 0 saturated heterocycles. The summed E-state index contributed by atoms with van der Waals surface area (Å²) in [6, 6.07) is 50.3. The molecule has 0 aromatic heterocycles. The smallest absolute Gasteiger partial charge is 0.00198 e. The SMILES string of the molecule is CC(C)c1ccc2c(-c3cc4ccccc4c4ccccc34)c3cc(C(C)C)ccc3c(-c3cccc4ccccc34)c2c1. The summed E-state index contributed by atoms with van der Waals surface area (Å²) in [5.74, 6) is 0.865. The highest BCUT2D eigenvalue weighted by molar-refractivity contribution is 6.27. The lowest BCUT2D eigenvalue weighted by Gasteiger charge is -2.22. The predicted octanol–water partition coefficient (Wildman–Crippen LogP) is 13.0. The highest BCUT2D eigenvalue weighted by atomic mass is 14.2. The minimum absolute atomic E-state index is 0.431. The van der Waals surface area contributed by atoms with Gasteiger partial charge in [0.05, 0.1) is 0 Å². The first-order valence-corrected chi connectivity index (χ1v) is 15.9. The summed E-state index contributed by atoms with van der Waals surface area (Å²) < 4.78 is 0. The second-order valence-corrected chi connectivity index (χ2v) is 12.9. The van der Waals surface area contributed by atoms with Crippen LogP contribution in [0.5, 0.6) is 0 Å². The second kappa shape index (κ2) is 10.4. The van der Waals surface area contributed by atoms with E-state index in [0.717, 1.165) is 0 Å². The summed E-state index contributed by atoms with van der Waals surface area (Å²) in [6.07, 6.45) is 0. The lowest BCUT2D eigenvalue weighted by atomic mass is 9.81. The number of benzene rings is 8. The molecule has 0 nitrogen and oxygen atoms in total. The Kier molecular flexibility index (Phi) is 6.27. The Balaban J connectivity index is 1.63. The van der Waals surface area contributed by atoms with E-state index in [4.69, 9.17) is 0 Å². The standard InChI is InChI=1S/C44H36/c1-27(2)30-21-23-39-41(24-30)43(37-19-11-14-29-12-5-7-15-33(29)37)38-22-20-31(28(3)4)25-42(38)44(39)40-26-32-13-6-8-16-34(32)35-17-9-10-18-36(35)40/h5-28H,1-4H3. The van der Waals surface area contributed by atoms with Crippen LogP contribution in [0.3, 0.4) is 0 Å². The van der Waals surface area contributed by atoms with Crippen LogP contribution in [0.4, 0.5) is 0 Å². The number of rotatable bonds is 4. The molecule has 8 aromatic carbocycles. The summed E-state index contributed by atoms with van der Waals surface area (Å²) in [4.78, 5) is 0. The van der Waals surface area contributed by atoms with Crippen LogP contribution >= 0.6 is 0 Å². The van der Waals surface area contributed by atoms with Gasteiger partial charge in [0.2, 0.25) is 0 Å². The third-order valence-corrected chi connectivity index (χ3v) is 9.59. The topological polar surface area (TPSA) is 0 Å². The van der Waals surface area contributed by atoms with Gasteiger partial charge in [-0.2, -0.15) is 0 Å². The lowest BCUT2D eigenvalue weighted by Crippen LogP contribution is -1.96. The molecule has 0 saturated carbocycles. The van der Waals surface area contributed by atoms with Crippen LogP contribution in [0.25, 0.3) is 76.1 Å². The molecule has 0 N–H and O–H groups in total. The predicted molar refractivity (Wildman–Crippen MR) is 193 cm³/mol. The molecule has 44 heavy (non-hydrogen) atoms. The average Bonchev–Trinajstić information content (AvgIpc) is 3.06. The van der Waals surface area contributed by atoms with Crippen LogP contribution in [-0.4, -0.2) is 0 Å². The number of fused-ring (bicyclic) bond motifs is 6. The van der Waals surface area contributed by atoms with Crippen molar-refractivity contribution in [3.8, 4) is 22.3 Å². The van der Waals surface area contributed by atoms with Gasteiger partial charge in [0, 0.05) is 0 Å². The molecule has 0 amide bonds. The zero-order valence-electron chi connectivity index (χ0n) is 25.9. The molecule has 0 aliphatic rings. The van der Waals surface area contributed by atoms with Gasteiger partial charge in [0.25, 0.3) is 0 Å². The van der Waals surface area contributed by atoms with Gasteiger partial charge < -0.3 is 0 Å². The van der Waals surface area contributed by atoms with E-state index in [-0.39, 0.29) is 0 Å². The van der Waals surface area contributed by atoms with E-state index in [0.29, 0.717) is 11.8 Å². The Morgan fingerprint density at radius 1 is 0.318 bits per heavy atom. The fourth-order valence-corrected chi connectivity index (χ4v) is 7.27. The summed E-state index contributed by atoms with van der Waals surface area (Å²) in [5, 5.41) is 13.0. The van der Waals surface area contributed by atoms with E-state index in [2.05, 4.69) is 161 Å². The van der Waals surface area contributed by atoms with Gasteiger partial charge in [0.15, 0.2) is 0 Å². The Morgan fingerprint density at radius 2 is 0.818 bits per heavy atom. The molecule has 8 aromatic rings. The maximum atomic E-state index is 2.48. The monoisotopic (exact) mass is 564 g/mol. The van der Waals surface area contributed by atoms with Crippen molar-refractivity contribution >= 4 is 53.9 Å². The highest BCUT2D eigenvalue weighted by Crippen LogP contribution is 2.48.